The van der Waals surface area contributed by atoms with Gasteiger partial charge in [0.1, 0.15) is 29.8 Å². The van der Waals surface area contributed by atoms with Crippen molar-refractivity contribution in [2.45, 2.75) is 31.5 Å². The molecular weight excluding hydrogens is 240 g/mol. The van der Waals surface area contributed by atoms with Crippen LogP contribution in [0.4, 0.5) is 0 Å². The van der Waals surface area contributed by atoms with Crippen LogP contribution in [0.3, 0.4) is 0 Å². The molecule has 6 heteroatoms. The van der Waals surface area contributed by atoms with Crippen LogP contribution < -0.4 is 4.74 Å². The second-order valence-corrected chi connectivity index (χ2v) is 4.37. The molecule has 6 nitrogen and oxygen atoms in total. The summed E-state index contributed by atoms with van der Waals surface area (Å²) in [6.07, 6.45) is -4.88. The van der Waals surface area contributed by atoms with Crippen LogP contribution in [-0.2, 0) is 4.74 Å². The lowest BCUT2D eigenvalue weighted by atomic mass is 10.1. The Bertz CT molecular complexity index is 401. The number of phenols is 1. The topological polar surface area (TPSA) is 99.4 Å². The quantitative estimate of drug-likeness (QED) is 0.570. The molecule has 0 saturated carbocycles. The van der Waals surface area contributed by atoms with Gasteiger partial charge < -0.3 is 29.9 Å². The first-order valence-corrected chi connectivity index (χ1v) is 5.60. The molecule has 100 valence electrons. The van der Waals surface area contributed by atoms with E-state index in [-0.39, 0.29) is 12.4 Å². The van der Waals surface area contributed by atoms with Gasteiger partial charge in [-0.1, -0.05) is 0 Å². The summed E-state index contributed by atoms with van der Waals surface area (Å²) in [5.41, 5.74) is 0.788. The monoisotopic (exact) mass is 256 g/mol. The number of phenolic OH excluding ortho intramolecular Hbond substituents is 1. The smallest absolute Gasteiger partial charge is 0.228 e. The molecule has 1 aromatic rings. The minimum Gasteiger partial charge on any atom is -0.508 e. The summed E-state index contributed by atoms with van der Waals surface area (Å²) < 4.78 is 10.4. The summed E-state index contributed by atoms with van der Waals surface area (Å²) in [4.78, 5) is 0. The third kappa shape index (κ3) is 2.73. The summed E-state index contributed by atoms with van der Waals surface area (Å²) in [6, 6.07) is 4.59. The van der Waals surface area contributed by atoms with Crippen molar-refractivity contribution in [3.05, 3.63) is 23.8 Å². The first-order chi connectivity index (χ1) is 8.47. The average Bonchev–Trinajstić information content (AvgIpc) is 2.29. The van der Waals surface area contributed by atoms with Crippen LogP contribution in [0.1, 0.15) is 5.56 Å². The summed E-state index contributed by atoms with van der Waals surface area (Å²) >= 11 is 0. The molecule has 4 atom stereocenters. The highest BCUT2D eigenvalue weighted by atomic mass is 16.7. The van der Waals surface area contributed by atoms with E-state index in [0.717, 1.165) is 5.56 Å². The second-order valence-electron chi connectivity index (χ2n) is 4.37. The van der Waals surface area contributed by atoms with Crippen LogP contribution in [0.2, 0.25) is 0 Å². The number of ether oxygens (including phenoxy) is 2. The van der Waals surface area contributed by atoms with E-state index in [4.69, 9.17) is 9.47 Å². The standard InChI is InChI=1S/C12H16O6/c1-6-2-7(13)4-8(3-6)18-12-11(16)10(15)9(14)5-17-12/h2-4,9-16H,5H2,1H3/t9-,10+,11-,12+/m1/s1. The fraction of sp³-hybridized carbons (Fsp3) is 0.500. The molecule has 1 heterocycles. The molecule has 0 bridgehead atoms. The number of hydrogen-bond donors (Lipinski definition) is 4. The minimum absolute atomic E-state index is 0.0379. The maximum atomic E-state index is 9.69. The lowest BCUT2D eigenvalue weighted by Crippen LogP contribution is -2.54. The highest BCUT2D eigenvalue weighted by Gasteiger charge is 2.38. The molecule has 0 aliphatic carbocycles. The van der Waals surface area contributed by atoms with Crippen molar-refractivity contribution in [1.82, 2.24) is 0 Å². The molecule has 18 heavy (non-hydrogen) atoms. The molecule has 0 aromatic heterocycles. The zero-order valence-electron chi connectivity index (χ0n) is 9.85. The number of aromatic hydroxyl groups is 1. The highest BCUT2D eigenvalue weighted by Crippen LogP contribution is 2.25. The zero-order chi connectivity index (χ0) is 13.3. The molecular formula is C12H16O6. The highest BCUT2D eigenvalue weighted by molar-refractivity contribution is 5.36. The Morgan fingerprint density at radius 1 is 1.17 bits per heavy atom. The Morgan fingerprint density at radius 3 is 2.56 bits per heavy atom. The van der Waals surface area contributed by atoms with Crippen molar-refractivity contribution in [3.8, 4) is 11.5 Å². The molecule has 1 saturated heterocycles. The summed E-state index contributed by atoms with van der Waals surface area (Å²) in [5, 5.41) is 37.9. The molecule has 1 fully saturated rings. The van der Waals surface area contributed by atoms with E-state index in [1.807, 2.05) is 0 Å². The van der Waals surface area contributed by atoms with Crippen molar-refractivity contribution in [2.75, 3.05) is 6.61 Å². The Hall–Kier alpha value is -1.34. The molecule has 0 amide bonds. The third-order valence-corrected chi connectivity index (χ3v) is 2.74. The van der Waals surface area contributed by atoms with E-state index < -0.39 is 24.6 Å². The minimum atomic E-state index is -1.35. The average molecular weight is 256 g/mol. The first kappa shape index (κ1) is 13.1. The van der Waals surface area contributed by atoms with Crippen LogP contribution in [0.25, 0.3) is 0 Å². The van der Waals surface area contributed by atoms with Gasteiger partial charge in [0, 0.05) is 6.07 Å². The molecule has 0 unspecified atom stereocenters. The van der Waals surface area contributed by atoms with Gasteiger partial charge in [0.2, 0.25) is 6.29 Å². The largest absolute Gasteiger partial charge is 0.508 e. The summed E-state index contributed by atoms with van der Waals surface area (Å²) in [5.74, 6) is 0.357. The lowest BCUT2D eigenvalue weighted by Gasteiger charge is -2.34. The third-order valence-electron chi connectivity index (χ3n) is 2.74. The number of aliphatic hydroxyl groups is 3. The van der Waals surface area contributed by atoms with Crippen LogP contribution in [0.15, 0.2) is 18.2 Å². The Morgan fingerprint density at radius 2 is 1.89 bits per heavy atom. The van der Waals surface area contributed by atoms with Gasteiger partial charge in [0.05, 0.1) is 6.61 Å². The molecule has 0 radical (unpaired) electrons. The molecule has 0 spiro atoms. The molecule has 1 aliphatic rings. The van der Waals surface area contributed by atoms with E-state index in [2.05, 4.69) is 0 Å². The van der Waals surface area contributed by atoms with Crippen molar-refractivity contribution < 1.29 is 29.9 Å². The number of hydrogen-bond acceptors (Lipinski definition) is 6. The lowest BCUT2D eigenvalue weighted by molar-refractivity contribution is -0.242. The molecule has 2 rings (SSSR count). The number of benzene rings is 1. The van der Waals surface area contributed by atoms with Gasteiger partial charge in [-0.05, 0) is 24.6 Å². The fourth-order valence-corrected chi connectivity index (χ4v) is 1.81. The van der Waals surface area contributed by atoms with Crippen LogP contribution in [0, 0.1) is 6.92 Å². The Balaban J connectivity index is 2.09. The Labute approximate surface area is 104 Å². The predicted molar refractivity (Wildman–Crippen MR) is 61.2 cm³/mol. The van der Waals surface area contributed by atoms with Crippen LogP contribution in [0.5, 0.6) is 11.5 Å². The van der Waals surface area contributed by atoms with Gasteiger partial charge in [-0.25, -0.2) is 0 Å². The van der Waals surface area contributed by atoms with Gasteiger partial charge in [0.25, 0.3) is 0 Å². The zero-order valence-corrected chi connectivity index (χ0v) is 9.85. The number of rotatable bonds is 2. The SMILES string of the molecule is Cc1cc(O)cc(O[C@@H]2OC[C@@H](O)[C@H](O)[C@H]2O)c1. The molecule has 1 aromatic carbocycles. The summed E-state index contributed by atoms with van der Waals surface area (Å²) in [7, 11) is 0. The fourth-order valence-electron chi connectivity index (χ4n) is 1.81. The maximum absolute atomic E-state index is 9.69. The molecule has 1 aliphatic heterocycles. The van der Waals surface area contributed by atoms with Gasteiger partial charge >= 0.3 is 0 Å². The van der Waals surface area contributed by atoms with Crippen LogP contribution >= 0.6 is 0 Å². The van der Waals surface area contributed by atoms with Gasteiger partial charge in [-0.2, -0.15) is 0 Å². The maximum Gasteiger partial charge on any atom is 0.228 e. The summed E-state index contributed by atoms with van der Waals surface area (Å²) in [6.45, 7) is 1.66. The van der Waals surface area contributed by atoms with E-state index >= 15 is 0 Å². The van der Waals surface area contributed by atoms with Crippen molar-refractivity contribution in [1.29, 1.82) is 0 Å². The molecule has 4 N–H and O–H groups in total. The van der Waals surface area contributed by atoms with Gasteiger partial charge in [-0.3, -0.25) is 0 Å². The van der Waals surface area contributed by atoms with Crippen molar-refractivity contribution in [2.24, 2.45) is 0 Å². The van der Waals surface area contributed by atoms with E-state index in [1.54, 1.807) is 19.1 Å². The van der Waals surface area contributed by atoms with Gasteiger partial charge in [-0.15, -0.1) is 0 Å². The van der Waals surface area contributed by atoms with E-state index in [0.29, 0.717) is 5.75 Å². The number of aryl methyl sites for hydroxylation is 1. The van der Waals surface area contributed by atoms with Crippen LogP contribution in [-0.4, -0.2) is 51.6 Å². The Kier molecular flexibility index (Phi) is 3.72. The number of aliphatic hydroxyl groups excluding tert-OH is 3. The predicted octanol–water partition coefficient (Wildman–Crippen LogP) is -0.482. The van der Waals surface area contributed by atoms with E-state index in [9.17, 15) is 20.4 Å². The van der Waals surface area contributed by atoms with Gasteiger partial charge in [0.15, 0.2) is 0 Å². The normalized spacial score (nSPS) is 32.2. The first-order valence-electron chi connectivity index (χ1n) is 5.60. The second kappa shape index (κ2) is 5.11. The van der Waals surface area contributed by atoms with Crippen molar-refractivity contribution in [3.63, 3.8) is 0 Å². The van der Waals surface area contributed by atoms with Crippen molar-refractivity contribution >= 4 is 0 Å². The van der Waals surface area contributed by atoms with E-state index in [1.165, 1.54) is 6.07 Å².